The van der Waals surface area contributed by atoms with Gasteiger partial charge in [-0.05, 0) is 87.6 Å². The molecule has 0 atom stereocenters. The molecule has 3 aromatic carbocycles. The van der Waals surface area contributed by atoms with Gasteiger partial charge in [0.2, 0.25) is 5.91 Å². The fraction of sp³-hybridized carbons (Fsp3) is 0.290. The number of amides is 1. The van der Waals surface area contributed by atoms with Gasteiger partial charge in [0.1, 0.15) is 5.75 Å². The quantitative estimate of drug-likeness (QED) is 0.211. The number of nitrogens with one attached hydrogen (secondary N) is 2. The summed E-state index contributed by atoms with van der Waals surface area (Å²) in [6.45, 7) is 1.98. The number of likely N-dealkylation sites (tertiary alicyclic amines) is 1. The molecule has 5 rings (SSSR count). The molecule has 0 aliphatic carbocycles. The molecule has 0 radical (unpaired) electrons. The molecule has 1 aliphatic rings. The number of phenolic OH excluding ortho intramolecular Hbond substituents is 1. The molecule has 0 saturated carbocycles. The Morgan fingerprint density at radius 2 is 1.79 bits per heavy atom. The highest BCUT2D eigenvalue weighted by molar-refractivity contribution is 7.99. The molecule has 43 heavy (non-hydrogen) atoms. The first-order chi connectivity index (χ1) is 20.4. The van der Waals surface area contributed by atoms with Crippen molar-refractivity contribution in [1.29, 1.82) is 0 Å². The van der Waals surface area contributed by atoms with E-state index in [9.17, 15) is 27.9 Å². The third-order valence-corrected chi connectivity index (χ3v) is 8.87. The van der Waals surface area contributed by atoms with Crippen LogP contribution >= 0.6 is 23.4 Å². The van der Waals surface area contributed by atoms with Crippen LogP contribution in [-0.2, 0) is 11.0 Å². The number of aromatic hydroxyl groups is 1. The topological polar surface area (TPSA) is 88.7 Å². The van der Waals surface area contributed by atoms with Crippen LogP contribution in [0.4, 0.5) is 18.9 Å². The molecule has 4 aromatic rings. The van der Waals surface area contributed by atoms with E-state index in [2.05, 4.69) is 34.2 Å². The van der Waals surface area contributed by atoms with Gasteiger partial charge in [-0.1, -0.05) is 23.4 Å². The van der Waals surface area contributed by atoms with Crippen LogP contribution in [0.1, 0.15) is 18.4 Å². The van der Waals surface area contributed by atoms with Gasteiger partial charge in [0.25, 0.3) is 5.56 Å². The second kappa shape index (κ2) is 12.6. The van der Waals surface area contributed by atoms with Crippen LogP contribution in [0.2, 0.25) is 5.02 Å². The normalized spacial score (nSPS) is 14.9. The van der Waals surface area contributed by atoms with Gasteiger partial charge in [-0.2, -0.15) is 13.2 Å². The molecule has 0 bridgehead atoms. The zero-order chi connectivity index (χ0) is 30.9. The summed E-state index contributed by atoms with van der Waals surface area (Å²) in [4.78, 5) is 33.7. The van der Waals surface area contributed by atoms with Crippen LogP contribution < -0.4 is 10.9 Å². The van der Waals surface area contributed by atoms with E-state index < -0.39 is 17.3 Å². The van der Waals surface area contributed by atoms with Crippen molar-refractivity contribution < 1.29 is 23.1 Å². The lowest BCUT2D eigenvalue weighted by atomic mass is 9.98. The molecule has 12 heteroatoms. The number of phenols is 1. The summed E-state index contributed by atoms with van der Waals surface area (Å²) < 4.78 is 40.9. The Kier molecular flexibility index (Phi) is 9.07. The number of carbonyl (C=O) groups is 1. The Morgan fingerprint density at radius 1 is 1.09 bits per heavy atom. The standard InChI is InChI=1S/C31H30ClF3N4O3S/c1-38(2)21-11-13-39(14-12-21)17-27(41)36-20-5-7-22(8-6-20)43-29-28(24-16-19(32)4-10-26(24)40)23-15-18(31(33,34)35)3-9-25(23)37-30(29)42/h3-10,15-16,21,40H,11-14,17H2,1-2H3,(H,36,41)(H,37,42). The first kappa shape index (κ1) is 30.9. The van der Waals surface area contributed by atoms with E-state index in [1.165, 1.54) is 24.3 Å². The minimum absolute atomic E-state index is 0.0855. The molecule has 2 heterocycles. The molecular weight excluding hydrogens is 601 g/mol. The molecular formula is C31H30ClF3N4O3S. The predicted molar refractivity (Wildman–Crippen MR) is 164 cm³/mol. The number of halogens is 4. The fourth-order valence-electron chi connectivity index (χ4n) is 5.25. The van der Waals surface area contributed by atoms with Gasteiger partial charge in [0.05, 0.1) is 17.0 Å². The third kappa shape index (κ3) is 7.18. The second-order valence-corrected chi connectivity index (χ2v) is 12.2. The largest absolute Gasteiger partial charge is 0.507 e. The van der Waals surface area contributed by atoms with Gasteiger partial charge in [-0.15, -0.1) is 0 Å². The number of aromatic nitrogens is 1. The van der Waals surface area contributed by atoms with Crippen LogP contribution in [0.5, 0.6) is 5.75 Å². The van der Waals surface area contributed by atoms with Gasteiger partial charge in [-0.3, -0.25) is 14.5 Å². The second-order valence-electron chi connectivity index (χ2n) is 10.7. The minimum Gasteiger partial charge on any atom is -0.507 e. The van der Waals surface area contributed by atoms with Crippen molar-refractivity contribution >= 4 is 45.9 Å². The SMILES string of the molecule is CN(C)C1CCN(CC(=O)Nc2ccc(Sc3c(-c4cc(Cl)ccc4O)c4cc(C(F)(F)F)ccc4[nH]c3=O)cc2)CC1. The van der Waals surface area contributed by atoms with Gasteiger partial charge in [0.15, 0.2) is 0 Å². The number of fused-ring (bicyclic) bond motifs is 1. The van der Waals surface area contributed by atoms with Gasteiger partial charge < -0.3 is 20.3 Å². The van der Waals surface area contributed by atoms with E-state index >= 15 is 0 Å². The molecule has 7 nitrogen and oxygen atoms in total. The van der Waals surface area contributed by atoms with E-state index in [0.717, 1.165) is 49.8 Å². The van der Waals surface area contributed by atoms with Crippen molar-refractivity contribution in [2.24, 2.45) is 0 Å². The van der Waals surface area contributed by atoms with Crippen molar-refractivity contribution in [2.45, 2.75) is 34.9 Å². The van der Waals surface area contributed by atoms with Crippen molar-refractivity contribution in [1.82, 2.24) is 14.8 Å². The Labute approximate surface area is 255 Å². The van der Waals surface area contributed by atoms with E-state index in [1.54, 1.807) is 24.3 Å². The molecule has 1 amide bonds. The number of carbonyl (C=O) groups excluding carboxylic acids is 1. The minimum atomic E-state index is -4.62. The molecule has 1 saturated heterocycles. The van der Waals surface area contributed by atoms with Crippen LogP contribution in [-0.4, -0.2) is 65.6 Å². The molecule has 3 N–H and O–H groups in total. The third-order valence-electron chi connectivity index (χ3n) is 7.54. The summed E-state index contributed by atoms with van der Waals surface area (Å²) in [5.41, 5.74) is -0.419. The number of hydrogen-bond donors (Lipinski definition) is 3. The summed E-state index contributed by atoms with van der Waals surface area (Å²) in [6.07, 6.45) is -2.60. The smallest absolute Gasteiger partial charge is 0.416 e. The Morgan fingerprint density at radius 3 is 2.44 bits per heavy atom. The summed E-state index contributed by atoms with van der Waals surface area (Å²) in [6, 6.07) is 14.6. The lowest BCUT2D eigenvalue weighted by molar-refractivity contribution is -0.137. The first-order valence-electron chi connectivity index (χ1n) is 13.6. The van der Waals surface area contributed by atoms with Crippen molar-refractivity contribution in [3.8, 4) is 16.9 Å². The van der Waals surface area contributed by atoms with Crippen molar-refractivity contribution in [3.05, 3.63) is 81.6 Å². The molecule has 0 unspecified atom stereocenters. The molecule has 0 spiro atoms. The van der Waals surface area contributed by atoms with Gasteiger partial charge in [0, 0.05) is 56.8 Å². The zero-order valence-corrected chi connectivity index (χ0v) is 25.0. The van der Waals surface area contributed by atoms with E-state index in [1.807, 2.05) is 0 Å². The molecule has 1 fully saturated rings. The molecule has 1 aromatic heterocycles. The van der Waals surface area contributed by atoms with E-state index in [0.29, 0.717) is 16.6 Å². The first-order valence-corrected chi connectivity index (χ1v) is 14.8. The van der Waals surface area contributed by atoms with E-state index in [-0.39, 0.29) is 50.1 Å². The Bertz CT molecular complexity index is 1700. The number of hydrogen-bond acceptors (Lipinski definition) is 6. The van der Waals surface area contributed by atoms with Gasteiger partial charge in [-0.25, -0.2) is 0 Å². The summed E-state index contributed by atoms with van der Waals surface area (Å²) >= 11 is 7.22. The lowest BCUT2D eigenvalue weighted by Crippen LogP contribution is -2.44. The molecule has 1 aliphatic heterocycles. The zero-order valence-electron chi connectivity index (χ0n) is 23.5. The van der Waals surface area contributed by atoms with Crippen LogP contribution in [0.15, 0.2) is 75.2 Å². The number of alkyl halides is 3. The van der Waals surface area contributed by atoms with Crippen molar-refractivity contribution in [2.75, 3.05) is 39.0 Å². The number of aromatic amines is 1. The number of pyridine rings is 1. The Hall–Kier alpha value is -3.51. The highest BCUT2D eigenvalue weighted by Gasteiger charge is 2.31. The number of piperidine rings is 1. The Balaban J connectivity index is 1.42. The maximum atomic E-state index is 13.6. The number of H-pyrrole nitrogens is 1. The maximum absolute atomic E-state index is 13.6. The summed E-state index contributed by atoms with van der Waals surface area (Å²) in [5, 5.41) is 13.9. The average molecular weight is 631 g/mol. The van der Waals surface area contributed by atoms with Crippen LogP contribution in [0, 0.1) is 0 Å². The monoisotopic (exact) mass is 630 g/mol. The highest BCUT2D eigenvalue weighted by Crippen LogP contribution is 2.43. The summed E-state index contributed by atoms with van der Waals surface area (Å²) in [7, 11) is 4.13. The molecule has 226 valence electrons. The lowest BCUT2D eigenvalue weighted by Gasteiger charge is -2.34. The van der Waals surface area contributed by atoms with Crippen molar-refractivity contribution in [3.63, 3.8) is 0 Å². The highest BCUT2D eigenvalue weighted by atomic mass is 35.5. The summed E-state index contributed by atoms with van der Waals surface area (Å²) in [5.74, 6) is -0.367. The number of anilines is 1. The number of rotatable bonds is 7. The predicted octanol–water partition coefficient (Wildman–Crippen LogP) is 6.69. The number of benzene rings is 3. The average Bonchev–Trinajstić information content (AvgIpc) is 2.95. The van der Waals surface area contributed by atoms with Gasteiger partial charge >= 0.3 is 6.18 Å². The maximum Gasteiger partial charge on any atom is 0.416 e. The fourth-order valence-corrected chi connectivity index (χ4v) is 6.39. The van der Waals surface area contributed by atoms with E-state index in [4.69, 9.17) is 11.6 Å². The van der Waals surface area contributed by atoms with Crippen LogP contribution in [0.25, 0.3) is 22.0 Å². The number of nitrogens with zero attached hydrogens (tertiary/aromatic N) is 2. The van der Waals surface area contributed by atoms with Crippen LogP contribution in [0.3, 0.4) is 0 Å².